The van der Waals surface area contributed by atoms with Crippen LogP contribution in [-0.4, -0.2) is 36.2 Å². The van der Waals surface area contributed by atoms with Gasteiger partial charge in [0.25, 0.3) is 0 Å². The van der Waals surface area contributed by atoms with E-state index in [2.05, 4.69) is 11.6 Å². The quantitative estimate of drug-likeness (QED) is 0.754. The smallest absolute Gasteiger partial charge is 0.322 e. The fourth-order valence-electron chi connectivity index (χ4n) is 2.23. The number of nitrogens with one attached hydrogen (secondary N) is 1. The number of carbonyl (C=O) groups is 1. The van der Waals surface area contributed by atoms with Gasteiger partial charge in [-0.1, -0.05) is 12.8 Å². The van der Waals surface area contributed by atoms with Gasteiger partial charge >= 0.3 is 5.97 Å². The summed E-state index contributed by atoms with van der Waals surface area (Å²) in [6.07, 6.45) is 7.17. The first kappa shape index (κ1) is 13.8. The van der Waals surface area contributed by atoms with Crippen LogP contribution in [0.1, 0.15) is 39.5 Å². The molecule has 1 N–H and O–H groups in total. The molecule has 0 aliphatic heterocycles. The topological polar surface area (TPSA) is 38.3 Å². The SMILES string of the molecule is CCOC(=O)C(C)NC1CCCCC1SC. The molecule has 0 aromatic carbocycles. The molecule has 0 radical (unpaired) electrons. The van der Waals surface area contributed by atoms with E-state index in [1.807, 2.05) is 25.6 Å². The minimum absolute atomic E-state index is 0.132. The zero-order valence-electron chi connectivity index (χ0n) is 10.5. The summed E-state index contributed by atoms with van der Waals surface area (Å²) in [5.41, 5.74) is 0. The van der Waals surface area contributed by atoms with Crippen LogP contribution in [0.15, 0.2) is 0 Å². The second-order valence-electron chi connectivity index (χ2n) is 4.31. The Balaban J connectivity index is 2.41. The molecule has 94 valence electrons. The van der Waals surface area contributed by atoms with Gasteiger partial charge in [-0.05, 0) is 32.9 Å². The van der Waals surface area contributed by atoms with Crippen molar-refractivity contribution >= 4 is 17.7 Å². The lowest BCUT2D eigenvalue weighted by Gasteiger charge is -2.32. The minimum atomic E-state index is -0.183. The molecule has 0 aromatic rings. The maximum atomic E-state index is 11.5. The van der Waals surface area contributed by atoms with Crippen molar-refractivity contribution in [3.8, 4) is 0 Å². The number of thioether (sulfide) groups is 1. The monoisotopic (exact) mass is 245 g/mol. The van der Waals surface area contributed by atoms with Crippen LogP contribution in [0.2, 0.25) is 0 Å². The van der Waals surface area contributed by atoms with Crippen molar-refractivity contribution in [3.05, 3.63) is 0 Å². The number of esters is 1. The Morgan fingerprint density at radius 2 is 2.19 bits per heavy atom. The lowest BCUT2D eigenvalue weighted by molar-refractivity contribution is -0.145. The molecule has 16 heavy (non-hydrogen) atoms. The van der Waals surface area contributed by atoms with Crippen molar-refractivity contribution in [3.63, 3.8) is 0 Å². The van der Waals surface area contributed by atoms with E-state index in [4.69, 9.17) is 4.74 Å². The van der Waals surface area contributed by atoms with Crippen molar-refractivity contribution in [2.75, 3.05) is 12.9 Å². The van der Waals surface area contributed by atoms with Crippen molar-refractivity contribution in [2.24, 2.45) is 0 Å². The molecule has 1 aliphatic carbocycles. The number of carbonyl (C=O) groups excluding carboxylic acids is 1. The average molecular weight is 245 g/mol. The van der Waals surface area contributed by atoms with Crippen LogP contribution in [-0.2, 0) is 9.53 Å². The van der Waals surface area contributed by atoms with Crippen LogP contribution in [0.4, 0.5) is 0 Å². The first-order valence-corrected chi connectivity index (χ1v) is 7.43. The fraction of sp³-hybridized carbons (Fsp3) is 0.917. The summed E-state index contributed by atoms with van der Waals surface area (Å²) in [6, 6.07) is 0.279. The molecule has 0 aromatic heterocycles. The van der Waals surface area contributed by atoms with Gasteiger partial charge in [0.05, 0.1) is 6.61 Å². The van der Waals surface area contributed by atoms with Crippen molar-refractivity contribution in [1.29, 1.82) is 0 Å². The third kappa shape index (κ3) is 3.98. The van der Waals surface area contributed by atoms with E-state index in [-0.39, 0.29) is 12.0 Å². The zero-order valence-corrected chi connectivity index (χ0v) is 11.3. The molecule has 0 saturated heterocycles. The lowest BCUT2D eigenvalue weighted by Crippen LogP contribution is -2.48. The molecule has 1 saturated carbocycles. The molecule has 0 amide bonds. The Kier molecular flexibility index (Phi) is 6.21. The Hall–Kier alpha value is -0.220. The summed E-state index contributed by atoms with van der Waals surface area (Å²) in [7, 11) is 0. The second kappa shape index (κ2) is 7.17. The Bertz CT molecular complexity index is 223. The summed E-state index contributed by atoms with van der Waals surface area (Å²) >= 11 is 1.91. The van der Waals surface area contributed by atoms with Gasteiger partial charge in [-0.2, -0.15) is 11.8 Å². The van der Waals surface area contributed by atoms with E-state index in [1.165, 1.54) is 25.7 Å². The molecule has 1 aliphatic rings. The molecule has 3 unspecified atom stereocenters. The second-order valence-corrected chi connectivity index (χ2v) is 5.38. The van der Waals surface area contributed by atoms with Crippen LogP contribution < -0.4 is 5.32 Å². The maximum absolute atomic E-state index is 11.5. The standard InChI is InChI=1S/C12H23NO2S/c1-4-15-12(14)9(2)13-10-7-5-6-8-11(10)16-3/h9-11,13H,4-8H2,1-3H3. The van der Waals surface area contributed by atoms with Crippen LogP contribution in [0, 0.1) is 0 Å². The zero-order chi connectivity index (χ0) is 12.0. The fourth-order valence-corrected chi connectivity index (χ4v) is 3.17. The number of ether oxygens (including phenoxy) is 1. The van der Waals surface area contributed by atoms with E-state index in [0.29, 0.717) is 17.9 Å². The van der Waals surface area contributed by atoms with Crippen molar-refractivity contribution in [2.45, 2.75) is 56.9 Å². The Morgan fingerprint density at radius 3 is 2.81 bits per heavy atom. The summed E-state index contributed by atoms with van der Waals surface area (Å²) in [4.78, 5) is 11.5. The van der Waals surface area contributed by atoms with Crippen molar-refractivity contribution in [1.82, 2.24) is 5.32 Å². The van der Waals surface area contributed by atoms with Gasteiger partial charge in [-0.25, -0.2) is 0 Å². The van der Waals surface area contributed by atoms with Gasteiger partial charge in [-0.3, -0.25) is 4.79 Å². The lowest BCUT2D eigenvalue weighted by atomic mass is 9.94. The summed E-state index contributed by atoms with van der Waals surface area (Å²) in [6.45, 7) is 4.20. The van der Waals surface area contributed by atoms with Crippen LogP contribution >= 0.6 is 11.8 Å². The molecule has 3 nitrogen and oxygen atoms in total. The number of hydrogen-bond acceptors (Lipinski definition) is 4. The van der Waals surface area contributed by atoms with E-state index in [9.17, 15) is 4.79 Å². The molecular weight excluding hydrogens is 222 g/mol. The molecular formula is C12H23NO2S. The molecule has 0 spiro atoms. The largest absolute Gasteiger partial charge is 0.465 e. The first-order valence-electron chi connectivity index (χ1n) is 6.14. The van der Waals surface area contributed by atoms with E-state index in [0.717, 1.165) is 0 Å². The third-order valence-electron chi connectivity index (χ3n) is 3.11. The van der Waals surface area contributed by atoms with Gasteiger partial charge in [-0.15, -0.1) is 0 Å². The molecule has 0 bridgehead atoms. The normalized spacial score (nSPS) is 27.4. The highest BCUT2D eigenvalue weighted by atomic mass is 32.2. The van der Waals surface area contributed by atoms with Gasteiger partial charge in [0.2, 0.25) is 0 Å². The summed E-state index contributed by atoms with van der Waals surface area (Å²) in [5.74, 6) is -0.132. The molecule has 1 fully saturated rings. The van der Waals surface area contributed by atoms with Crippen LogP contribution in [0.3, 0.4) is 0 Å². The third-order valence-corrected chi connectivity index (χ3v) is 4.28. The van der Waals surface area contributed by atoms with Gasteiger partial charge in [0.15, 0.2) is 0 Å². The van der Waals surface area contributed by atoms with E-state index >= 15 is 0 Å². The van der Waals surface area contributed by atoms with Gasteiger partial charge < -0.3 is 10.1 Å². The Labute approximate surface area is 103 Å². The predicted octanol–water partition coefficient (Wildman–Crippen LogP) is 2.20. The highest BCUT2D eigenvalue weighted by Gasteiger charge is 2.27. The van der Waals surface area contributed by atoms with Crippen LogP contribution in [0.5, 0.6) is 0 Å². The molecule has 3 atom stereocenters. The summed E-state index contributed by atoms with van der Waals surface area (Å²) < 4.78 is 5.01. The number of hydrogen-bond donors (Lipinski definition) is 1. The molecule has 0 heterocycles. The highest BCUT2D eigenvalue weighted by Crippen LogP contribution is 2.27. The van der Waals surface area contributed by atoms with Gasteiger partial charge in [0.1, 0.15) is 6.04 Å². The summed E-state index contributed by atoms with van der Waals surface area (Å²) in [5, 5.41) is 4.05. The highest BCUT2D eigenvalue weighted by molar-refractivity contribution is 7.99. The first-order chi connectivity index (χ1) is 7.69. The predicted molar refractivity (Wildman–Crippen MR) is 68.8 cm³/mol. The van der Waals surface area contributed by atoms with Gasteiger partial charge in [0, 0.05) is 11.3 Å². The number of rotatable bonds is 5. The minimum Gasteiger partial charge on any atom is -0.465 e. The van der Waals surface area contributed by atoms with E-state index < -0.39 is 0 Å². The van der Waals surface area contributed by atoms with Crippen LogP contribution in [0.25, 0.3) is 0 Å². The Morgan fingerprint density at radius 1 is 1.50 bits per heavy atom. The average Bonchev–Trinajstić information content (AvgIpc) is 2.30. The maximum Gasteiger partial charge on any atom is 0.322 e. The van der Waals surface area contributed by atoms with Crippen molar-refractivity contribution < 1.29 is 9.53 Å². The van der Waals surface area contributed by atoms with E-state index in [1.54, 1.807) is 0 Å². The molecule has 4 heteroatoms. The molecule has 1 rings (SSSR count).